The van der Waals surface area contributed by atoms with Crippen LogP contribution < -0.4 is 0 Å². The molecule has 7 heteroatoms. The van der Waals surface area contributed by atoms with Gasteiger partial charge in [-0.05, 0) is 27.2 Å². The Hall–Kier alpha value is -1.76. The lowest BCUT2D eigenvalue weighted by molar-refractivity contribution is 0.0691. The first-order valence-corrected chi connectivity index (χ1v) is 7.40. The normalized spacial score (nSPS) is 12.6. The van der Waals surface area contributed by atoms with Gasteiger partial charge in [-0.2, -0.15) is 0 Å². The highest BCUT2D eigenvalue weighted by Crippen LogP contribution is 2.33. The van der Waals surface area contributed by atoms with Crippen LogP contribution >= 0.6 is 11.3 Å². The van der Waals surface area contributed by atoms with Gasteiger partial charge in [0, 0.05) is 0 Å². The molecular formula is C13H18N4O2S. The number of aromatic nitrogens is 4. The van der Waals surface area contributed by atoms with Crippen LogP contribution in [-0.2, 0) is 0 Å². The summed E-state index contributed by atoms with van der Waals surface area (Å²) in [5, 5.41) is 18.1. The van der Waals surface area contributed by atoms with Gasteiger partial charge < -0.3 is 5.11 Å². The van der Waals surface area contributed by atoms with Gasteiger partial charge in [-0.15, -0.1) is 16.4 Å². The van der Waals surface area contributed by atoms with Crippen LogP contribution in [-0.4, -0.2) is 31.1 Å². The molecule has 108 valence electrons. The number of carbonyl (C=O) groups is 1. The second-order valence-corrected chi connectivity index (χ2v) is 6.02. The zero-order chi connectivity index (χ0) is 14.9. The van der Waals surface area contributed by atoms with E-state index < -0.39 is 5.97 Å². The molecule has 2 aromatic heterocycles. The summed E-state index contributed by atoms with van der Waals surface area (Å²) in [6.45, 7) is 7.90. The van der Waals surface area contributed by atoms with Gasteiger partial charge >= 0.3 is 5.97 Å². The molecule has 1 N–H and O–H groups in total. The fourth-order valence-corrected chi connectivity index (χ4v) is 3.21. The summed E-state index contributed by atoms with van der Waals surface area (Å²) in [5.41, 5.74) is 1.39. The summed E-state index contributed by atoms with van der Waals surface area (Å²) in [7, 11) is 0. The molecule has 0 saturated carbocycles. The Morgan fingerprint density at radius 1 is 1.45 bits per heavy atom. The van der Waals surface area contributed by atoms with Crippen molar-refractivity contribution >= 4 is 17.3 Å². The largest absolute Gasteiger partial charge is 0.476 e. The van der Waals surface area contributed by atoms with Gasteiger partial charge in [0.2, 0.25) is 0 Å². The molecule has 0 aromatic carbocycles. The minimum Gasteiger partial charge on any atom is -0.476 e. The number of hydrogen-bond acceptors (Lipinski definition) is 5. The van der Waals surface area contributed by atoms with E-state index >= 15 is 0 Å². The van der Waals surface area contributed by atoms with Crippen LogP contribution in [0.25, 0.3) is 10.6 Å². The summed E-state index contributed by atoms with van der Waals surface area (Å²) in [6.07, 6.45) is 1.93. The van der Waals surface area contributed by atoms with E-state index in [1.54, 1.807) is 4.68 Å². The Morgan fingerprint density at radius 2 is 2.15 bits per heavy atom. The monoisotopic (exact) mass is 294 g/mol. The molecule has 0 fully saturated rings. The second kappa shape index (κ2) is 5.70. The quantitative estimate of drug-likeness (QED) is 0.916. The van der Waals surface area contributed by atoms with Crippen molar-refractivity contribution in [3.05, 3.63) is 16.4 Å². The molecule has 0 amide bonds. The first-order chi connectivity index (χ1) is 9.45. The van der Waals surface area contributed by atoms with Crippen molar-refractivity contribution in [3.8, 4) is 10.6 Å². The molecule has 0 radical (unpaired) electrons. The molecule has 0 aliphatic heterocycles. The number of carboxylic acids is 1. The predicted octanol–water partition coefficient (Wildman–Crippen LogP) is 3.08. The number of rotatable bonds is 5. The third-order valence-corrected chi connectivity index (χ3v) is 4.22. The molecule has 0 saturated heterocycles. The van der Waals surface area contributed by atoms with Crippen LogP contribution in [0.1, 0.15) is 53.9 Å². The SMILES string of the molecule is CCCC(C)n1nnc(C(=O)O)c1-c1sc(C)nc1C. The zero-order valence-corrected chi connectivity index (χ0v) is 12.9. The third-order valence-electron chi connectivity index (χ3n) is 3.14. The van der Waals surface area contributed by atoms with Gasteiger partial charge in [-0.25, -0.2) is 14.5 Å². The van der Waals surface area contributed by atoms with E-state index in [1.165, 1.54) is 11.3 Å². The maximum absolute atomic E-state index is 11.4. The molecule has 2 heterocycles. The van der Waals surface area contributed by atoms with E-state index in [1.807, 2.05) is 20.8 Å². The molecule has 6 nitrogen and oxygen atoms in total. The smallest absolute Gasteiger partial charge is 0.358 e. The summed E-state index contributed by atoms with van der Waals surface area (Å²) < 4.78 is 1.72. The Kier molecular flexibility index (Phi) is 4.17. The average molecular weight is 294 g/mol. The lowest BCUT2D eigenvalue weighted by Crippen LogP contribution is -2.09. The van der Waals surface area contributed by atoms with Crippen LogP contribution in [0.2, 0.25) is 0 Å². The molecule has 1 unspecified atom stereocenters. The second-order valence-electron chi connectivity index (χ2n) is 4.82. The number of aromatic carboxylic acids is 1. The van der Waals surface area contributed by atoms with Gasteiger partial charge in [-0.3, -0.25) is 0 Å². The van der Waals surface area contributed by atoms with Crippen molar-refractivity contribution < 1.29 is 9.90 Å². The average Bonchev–Trinajstić information content (AvgIpc) is 2.92. The van der Waals surface area contributed by atoms with E-state index in [4.69, 9.17) is 0 Å². The topological polar surface area (TPSA) is 80.9 Å². The zero-order valence-electron chi connectivity index (χ0n) is 12.0. The van der Waals surface area contributed by atoms with Crippen molar-refractivity contribution in [2.24, 2.45) is 0 Å². The lowest BCUT2D eigenvalue weighted by Gasteiger charge is -2.13. The maximum Gasteiger partial charge on any atom is 0.358 e. The minimum absolute atomic E-state index is 0.000275. The molecule has 20 heavy (non-hydrogen) atoms. The van der Waals surface area contributed by atoms with Crippen LogP contribution in [0.4, 0.5) is 0 Å². The number of nitrogens with zero attached hydrogens (tertiary/aromatic N) is 4. The summed E-state index contributed by atoms with van der Waals surface area (Å²) in [5.74, 6) is -1.06. The van der Waals surface area contributed by atoms with Crippen molar-refractivity contribution in [1.82, 2.24) is 20.0 Å². The first kappa shape index (κ1) is 14.6. The maximum atomic E-state index is 11.4. The number of aryl methyl sites for hydroxylation is 2. The molecule has 1 atom stereocenters. The Balaban J connectivity index is 2.61. The molecular weight excluding hydrogens is 276 g/mol. The van der Waals surface area contributed by atoms with Gasteiger partial charge in [0.05, 0.1) is 21.6 Å². The highest BCUT2D eigenvalue weighted by Gasteiger charge is 2.25. The third kappa shape index (κ3) is 2.58. The molecule has 0 aliphatic rings. The Labute approximate surface area is 121 Å². The predicted molar refractivity (Wildman–Crippen MR) is 77.2 cm³/mol. The van der Waals surface area contributed by atoms with E-state index in [-0.39, 0.29) is 11.7 Å². The minimum atomic E-state index is -1.06. The summed E-state index contributed by atoms with van der Waals surface area (Å²) in [6, 6.07) is 0.109. The van der Waals surface area contributed by atoms with Gasteiger partial charge in [0.25, 0.3) is 0 Å². The van der Waals surface area contributed by atoms with E-state index in [0.717, 1.165) is 28.4 Å². The Bertz CT molecular complexity index is 632. The van der Waals surface area contributed by atoms with E-state index in [0.29, 0.717) is 5.69 Å². The molecule has 0 bridgehead atoms. The highest BCUT2D eigenvalue weighted by molar-refractivity contribution is 7.15. The van der Waals surface area contributed by atoms with E-state index in [2.05, 4.69) is 22.2 Å². The van der Waals surface area contributed by atoms with Crippen molar-refractivity contribution in [2.75, 3.05) is 0 Å². The Morgan fingerprint density at radius 3 is 2.65 bits per heavy atom. The van der Waals surface area contributed by atoms with Gasteiger partial charge in [0.15, 0.2) is 5.69 Å². The van der Waals surface area contributed by atoms with Crippen LogP contribution in [0.3, 0.4) is 0 Å². The van der Waals surface area contributed by atoms with E-state index in [9.17, 15) is 9.90 Å². The highest BCUT2D eigenvalue weighted by atomic mass is 32.1. The number of carboxylic acid groups (broad SMARTS) is 1. The summed E-state index contributed by atoms with van der Waals surface area (Å²) in [4.78, 5) is 16.6. The number of thiazole rings is 1. The molecule has 0 aliphatic carbocycles. The fraction of sp³-hybridized carbons (Fsp3) is 0.538. The van der Waals surface area contributed by atoms with Crippen LogP contribution in [0, 0.1) is 13.8 Å². The van der Waals surface area contributed by atoms with Gasteiger partial charge in [0.1, 0.15) is 5.69 Å². The first-order valence-electron chi connectivity index (χ1n) is 6.58. The molecule has 2 aromatic rings. The fourth-order valence-electron chi connectivity index (χ4n) is 2.25. The van der Waals surface area contributed by atoms with Crippen molar-refractivity contribution in [1.29, 1.82) is 0 Å². The van der Waals surface area contributed by atoms with Crippen LogP contribution in [0.15, 0.2) is 0 Å². The standard InChI is InChI=1S/C13H18N4O2S/c1-5-6-7(2)17-11(10(13(18)19)15-16-17)12-8(3)14-9(4)20-12/h7H,5-6H2,1-4H3,(H,18,19). The molecule has 0 spiro atoms. The van der Waals surface area contributed by atoms with Crippen molar-refractivity contribution in [3.63, 3.8) is 0 Å². The van der Waals surface area contributed by atoms with Gasteiger partial charge in [-0.1, -0.05) is 18.6 Å². The number of hydrogen-bond donors (Lipinski definition) is 1. The lowest BCUT2D eigenvalue weighted by atomic mass is 10.1. The van der Waals surface area contributed by atoms with Crippen LogP contribution in [0.5, 0.6) is 0 Å². The summed E-state index contributed by atoms with van der Waals surface area (Å²) >= 11 is 1.48. The molecule has 2 rings (SSSR count). The van der Waals surface area contributed by atoms with Crippen molar-refractivity contribution in [2.45, 2.75) is 46.6 Å².